The van der Waals surface area contributed by atoms with Crippen molar-refractivity contribution in [1.29, 1.82) is 0 Å². The van der Waals surface area contributed by atoms with Crippen LogP contribution in [-0.2, 0) is 23.8 Å². The van der Waals surface area contributed by atoms with E-state index in [1.807, 2.05) is 43.5 Å². The molecule has 0 fully saturated rings. The molecular formula is C16H16ClNO2. The second-order valence-corrected chi connectivity index (χ2v) is 5.10. The van der Waals surface area contributed by atoms with Crippen molar-refractivity contribution in [3.05, 3.63) is 58.9 Å². The van der Waals surface area contributed by atoms with E-state index in [4.69, 9.17) is 21.1 Å². The topological polar surface area (TPSA) is 31.4 Å². The number of benzene rings is 1. The van der Waals surface area contributed by atoms with Crippen LogP contribution in [0.25, 0.3) is 0 Å². The zero-order chi connectivity index (χ0) is 13.9. The third-order valence-electron chi connectivity index (χ3n) is 3.51. The molecule has 1 atom stereocenters. The molecule has 0 radical (unpaired) electrons. The Balaban J connectivity index is 1.88. The van der Waals surface area contributed by atoms with Crippen LogP contribution >= 0.6 is 11.6 Å². The number of hydrogen-bond acceptors (Lipinski definition) is 3. The van der Waals surface area contributed by atoms with Crippen LogP contribution in [0.4, 0.5) is 0 Å². The van der Waals surface area contributed by atoms with E-state index in [2.05, 4.69) is 4.98 Å². The van der Waals surface area contributed by atoms with Crippen LogP contribution in [0.3, 0.4) is 0 Å². The molecule has 0 N–H and O–H groups in total. The summed E-state index contributed by atoms with van der Waals surface area (Å²) in [7, 11) is 0. The molecule has 0 saturated heterocycles. The Morgan fingerprint density at radius 3 is 2.90 bits per heavy atom. The highest BCUT2D eigenvalue weighted by atomic mass is 35.5. The summed E-state index contributed by atoms with van der Waals surface area (Å²) in [5, 5.41) is 0. The number of alkyl halides is 1. The van der Waals surface area contributed by atoms with Crippen LogP contribution in [0.5, 0.6) is 5.75 Å². The summed E-state index contributed by atoms with van der Waals surface area (Å²) >= 11 is 5.97. The highest BCUT2D eigenvalue weighted by Gasteiger charge is 2.25. The highest BCUT2D eigenvalue weighted by Crippen LogP contribution is 2.38. The normalized spacial score (nSPS) is 17.0. The van der Waals surface area contributed by atoms with Gasteiger partial charge < -0.3 is 9.47 Å². The number of nitrogens with zero attached hydrogens (tertiary/aromatic N) is 1. The largest absolute Gasteiger partial charge is 0.487 e. The molecule has 4 heteroatoms. The van der Waals surface area contributed by atoms with Crippen molar-refractivity contribution in [2.24, 2.45) is 0 Å². The number of pyridine rings is 1. The van der Waals surface area contributed by atoms with E-state index in [0.717, 1.165) is 28.1 Å². The summed E-state index contributed by atoms with van der Waals surface area (Å²) < 4.78 is 11.6. The lowest BCUT2D eigenvalue weighted by Crippen LogP contribution is -2.03. The van der Waals surface area contributed by atoms with Crippen molar-refractivity contribution in [3.8, 4) is 5.75 Å². The fourth-order valence-corrected chi connectivity index (χ4v) is 2.57. The Labute approximate surface area is 123 Å². The lowest BCUT2D eigenvalue weighted by atomic mass is 10.1. The molecule has 2 heterocycles. The summed E-state index contributed by atoms with van der Waals surface area (Å²) in [6, 6.07) is 10.1. The number of fused-ring (bicyclic) bond motifs is 1. The molecule has 0 saturated carbocycles. The molecule has 104 valence electrons. The molecule has 1 aliphatic heterocycles. The van der Waals surface area contributed by atoms with Crippen LogP contribution in [-0.4, -0.2) is 4.98 Å². The van der Waals surface area contributed by atoms with Crippen molar-refractivity contribution in [1.82, 2.24) is 4.98 Å². The Kier molecular flexibility index (Phi) is 3.90. The average Bonchev–Trinajstić information content (AvgIpc) is 2.87. The number of aromatic nitrogens is 1. The van der Waals surface area contributed by atoms with E-state index >= 15 is 0 Å². The van der Waals surface area contributed by atoms with Gasteiger partial charge in [-0.25, -0.2) is 0 Å². The predicted molar refractivity (Wildman–Crippen MR) is 77.8 cm³/mol. The van der Waals surface area contributed by atoms with E-state index in [-0.39, 0.29) is 6.10 Å². The molecule has 1 unspecified atom stereocenters. The minimum Gasteiger partial charge on any atom is -0.487 e. The maximum atomic E-state index is 5.98. The summed E-state index contributed by atoms with van der Waals surface area (Å²) in [5.74, 6) is 1.12. The van der Waals surface area contributed by atoms with Crippen LogP contribution in [0.1, 0.15) is 35.4 Å². The summed E-state index contributed by atoms with van der Waals surface area (Å²) in [4.78, 5) is 4.39. The van der Waals surface area contributed by atoms with E-state index in [0.29, 0.717) is 19.1 Å². The van der Waals surface area contributed by atoms with Gasteiger partial charge in [0.05, 0.1) is 24.3 Å². The first-order valence-corrected chi connectivity index (χ1v) is 7.18. The number of rotatable bonds is 4. The third-order valence-corrected chi connectivity index (χ3v) is 3.77. The minimum atomic E-state index is 0.0703. The Hall–Kier alpha value is -1.58. The molecule has 2 aromatic rings. The molecule has 1 aromatic carbocycles. The summed E-state index contributed by atoms with van der Waals surface area (Å²) in [6.45, 7) is 3.10. The molecule has 1 aromatic heterocycles. The summed E-state index contributed by atoms with van der Waals surface area (Å²) in [5.41, 5.74) is 4.08. The lowest BCUT2D eigenvalue weighted by molar-refractivity contribution is 0.0787. The smallest absolute Gasteiger partial charge is 0.148 e. The van der Waals surface area contributed by atoms with Gasteiger partial charge in [-0.15, -0.1) is 11.6 Å². The van der Waals surface area contributed by atoms with Crippen molar-refractivity contribution in [2.75, 3.05) is 0 Å². The van der Waals surface area contributed by atoms with Gasteiger partial charge in [0, 0.05) is 17.3 Å². The van der Waals surface area contributed by atoms with Crippen molar-refractivity contribution >= 4 is 11.6 Å². The average molecular weight is 290 g/mol. The van der Waals surface area contributed by atoms with E-state index in [1.54, 1.807) is 0 Å². The van der Waals surface area contributed by atoms with Crippen molar-refractivity contribution < 1.29 is 9.47 Å². The van der Waals surface area contributed by atoms with Gasteiger partial charge in [-0.05, 0) is 12.5 Å². The summed E-state index contributed by atoms with van der Waals surface area (Å²) in [6.07, 6.45) is 1.92. The SMILES string of the molecule is CC1OCc2c1cnc(CCl)c2OCc1ccccc1. The number of halogens is 1. The lowest BCUT2D eigenvalue weighted by Gasteiger charge is -2.13. The van der Waals surface area contributed by atoms with Crippen LogP contribution < -0.4 is 4.74 Å². The molecule has 1 aliphatic rings. The maximum Gasteiger partial charge on any atom is 0.148 e. The van der Waals surface area contributed by atoms with Gasteiger partial charge in [0.2, 0.25) is 0 Å². The van der Waals surface area contributed by atoms with E-state index in [9.17, 15) is 0 Å². The van der Waals surface area contributed by atoms with Crippen LogP contribution in [0.15, 0.2) is 36.5 Å². The molecule has 0 bridgehead atoms. The monoisotopic (exact) mass is 289 g/mol. The van der Waals surface area contributed by atoms with Crippen LogP contribution in [0.2, 0.25) is 0 Å². The quantitative estimate of drug-likeness (QED) is 0.798. The molecular weight excluding hydrogens is 274 g/mol. The van der Waals surface area contributed by atoms with Crippen molar-refractivity contribution in [3.63, 3.8) is 0 Å². The van der Waals surface area contributed by atoms with Gasteiger partial charge in [-0.3, -0.25) is 4.98 Å². The highest BCUT2D eigenvalue weighted by molar-refractivity contribution is 6.17. The number of hydrogen-bond donors (Lipinski definition) is 0. The molecule has 0 spiro atoms. The molecule has 0 aliphatic carbocycles. The van der Waals surface area contributed by atoms with Gasteiger partial charge in [-0.2, -0.15) is 0 Å². The zero-order valence-corrected chi connectivity index (χ0v) is 12.1. The van der Waals surface area contributed by atoms with E-state index in [1.165, 1.54) is 0 Å². The Morgan fingerprint density at radius 2 is 2.15 bits per heavy atom. The predicted octanol–water partition coefficient (Wildman–Crippen LogP) is 3.99. The number of ether oxygens (including phenoxy) is 2. The third kappa shape index (κ3) is 2.51. The first kappa shape index (κ1) is 13.4. The van der Waals surface area contributed by atoms with Gasteiger partial charge in [0.15, 0.2) is 0 Å². The second-order valence-electron chi connectivity index (χ2n) is 4.83. The van der Waals surface area contributed by atoms with Gasteiger partial charge in [-0.1, -0.05) is 30.3 Å². The fourth-order valence-electron chi connectivity index (χ4n) is 2.38. The Bertz CT molecular complexity index is 601. The van der Waals surface area contributed by atoms with Crippen molar-refractivity contribution in [2.45, 2.75) is 32.1 Å². The minimum absolute atomic E-state index is 0.0703. The first-order valence-electron chi connectivity index (χ1n) is 6.64. The Morgan fingerprint density at radius 1 is 1.35 bits per heavy atom. The van der Waals surface area contributed by atoms with Gasteiger partial charge >= 0.3 is 0 Å². The fraction of sp³-hybridized carbons (Fsp3) is 0.312. The van der Waals surface area contributed by atoms with Crippen LogP contribution in [0, 0.1) is 0 Å². The zero-order valence-electron chi connectivity index (χ0n) is 11.3. The first-order chi connectivity index (χ1) is 9.79. The van der Waals surface area contributed by atoms with Gasteiger partial charge in [0.25, 0.3) is 0 Å². The molecule has 0 amide bonds. The standard InChI is InChI=1S/C16H16ClNO2/c1-11-13-8-18-15(7-17)16(14(13)10-19-11)20-9-12-5-3-2-4-6-12/h2-6,8,11H,7,9-10H2,1H3. The molecule has 3 rings (SSSR count). The second kappa shape index (κ2) is 5.81. The maximum absolute atomic E-state index is 5.98. The molecule has 3 nitrogen and oxygen atoms in total. The molecule has 20 heavy (non-hydrogen) atoms. The van der Waals surface area contributed by atoms with E-state index < -0.39 is 0 Å². The van der Waals surface area contributed by atoms with Gasteiger partial charge in [0.1, 0.15) is 12.4 Å².